The number of methoxy groups -OCH3 is 1. The van der Waals surface area contributed by atoms with Crippen LogP contribution in [0.2, 0.25) is 0 Å². The number of pyridine rings is 2. The number of aryl methyl sites for hydroxylation is 1. The fraction of sp³-hybridized carbons (Fsp3) is 0.370. The summed E-state index contributed by atoms with van der Waals surface area (Å²) in [7, 11) is 1.56. The number of hydrogen-bond acceptors (Lipinski definition) is 9. The molecule has 0 aromatic carbocycles. The first kappa shape index (κ1) is 26.6. The van der Waals surface area contributed by atoms with Gasteiger partial charge in [-0.05, 0) is 44.4 Å². The van der Waals surface area contributed by atoms with Crippen LogP contribution in [0.1, 0.15) is 47.4 Å². The molecule has 0 aliphatic carbocycles. The molecule has 38 heavy (non-hydrogen) atoms. The SMILES string of the molecule is COC[C@@H](C)Oc1cc(NC(=O)N2CCCc3cc(CN4CC=COC=C4C)c(C=O)nc32)ncc1C#N. The van der Waals surface area contributed by atoms with E-state index in [2.05, 4.69) is 20.2 Å². The standard InChI is InChI=1S/C27H30N6O5/c1-18-16-37-9-5-7-32(18)14-21-10-20-6-4-8-33(26(20)30-23(21)15-34)27(35)31-25-11-24(22(12-28)13-29-25)38-19(2)17-36-3/h5,9-11,13,15-16,19H,4,6-8,14,17H2,1-3H3,(H,29,31,35)/t19-/m1/s1. The van der Waals surface area contributed by atoms with Crippen LogP contribution in [0, 0.1) is 11.3 Å². The first-order chi connectivity index (χ1) is 18.4. The Morgan fingerprint density at radius 2 is 2.24 bits per heavy atom. The van der Waals surface area contributed by atoms with Gasteiger partial charge in [0.2, 0.25) is 0 Å². The number of anilines is 2. The van der Waals surface area contributed by atoms with E-state index in [1.807, 2.05) is 32.1 Å². The van der Waals surface area contributed by atoms with Crippen molar-refractivity contribution in [1.82, 2.24) is 14.9 Å². The predicted molar refractivity (Wildman–Crippen MR) is 140 cm³/mol. The van der Waals surface area contributed by atoms with Crippen molar-refractivity contribution in [2.75, 3.05) is 37.0 Å². The largest absolute Gasteiger partial charge is 0.487 e. The maximum atomic E-state index is 13.3. The number of carbonyl (C=O) groups excluding carboxylic acids is 2. The van der Waals surface area contributed by atoms with Crippen molar-refractivity contribution in [2.24, 2.45) is 0 Å². The quantitative estimate of drug-likeness (QED) is 0.519. The maximum absolute atomic E-state index is 13.3. The Labute approximate surface area is 221 Å². The zero-order valence-corrected chi connectivity index (χ0v) is 21.6. The topological polar surface area (TPSA) is 130 Å². The number of hydrogen-bond donors (Lipinski definition) is 1. The smallest absolute Gasteiger partial charge is 0.328 e. The summed E-state index contributed by atoms with van der Waals surface area (Å²) in [6.45, 7) is 5.65. The van der Waals surface area contributed by atoms with E-state index >= 15 is 0 Å². The Kier molecular flexibility index (Phi) is 8.55. The molecule has 0 radical (unpaired) electrons. The molecule has 0 unspecified atom stereocenters. The van der Waals surface area contributed by atoms with Crippen molar-refractivity contribution >= 4 is 24.0 Å². The second kappa shape index (κ2) is 12.2. The number of nitrogens with zero attached hydrogens (tertiary/aromatic N) is 5. The van der Waals surface area contributed by atoms with Gasteiger partial charge in [-0.3, -0.25) is 15.0 Å². The van der Waals surface area contributed by atoms with Gasteiger partial charge in [-0.2, -0.15) is 5.26 Å². The molecule has 1 atom stereocenters. The third-order valence-electron chi connectivity index (χ3n) is 6.18. The van der Waals surface area contributed by atoms with Crippen LogP contribution in [-0.2, 0) is 22.4 Å². The van der Waals surface area contributed by atoms with Gasteiger partial charge in [0.05, 0.1) is 19.1 Å². The van der Waals surface area contributed by atoms with E-state index in [1.165, 1.54) is 17.2 Å². The minimum atomic E-state index is -0.440. The summed E-state index contributed by atoms with van der Waals surface area (Å²) in [5, 5.41) is 12.2. The zero-order valence-electron chi connectivity index (χ0n) is 21.6. The lowest BCUT2D eigenvalue weighted by molar-refractivity contribution is 0.0919. The van der Waals surface area contributed by atoms with Gasteiger partial charge in [0.15, 0.2) is 6.29 Å². The predicted octanol–water partition coefficient (Wildman–Crippen LogP) is 3.77. The molecule has 0 spiro atoms. The van der Waals surface area contributed by atoms with Gasteiger partial charge in [0.25, 0.3) is 0 Å². The number of rotatable bonds is 8. The molecule has 2 amide bonds. The van der Waals surface area contributed by atoms with Crippen LogP contribution >= 0.6 is 0 Å². The zero-order chi connectivity index (χ0) is 27.1. The molecule has 2 aromatic rings. The fourth-order valence-corrected chi connectivity index (χ4v) is 4.31. The van der Waals surface area contributed by atoms with Crippen molar-refractivity contribution in [3.63, 3.8) is 0 Å². The highest BCUT2D eigenvalue weighted by atomic mass is 16.5. The number of aromatic nitrogens is 2. The molecule has 0 saturated heterocycles. The number of aldehydes is 1. The molecule has 1 N–H and O–H groups in total. The number of amides is 2. The van der Waals surface area contributed by atoms with Gasteiger partial charge in [-0.1, -0.05) is 0 Å². The molecule has 11 heteroatoms. The fourth-order valence-electron chi connectivity index (χ4n) is 4.31. The Bertz CT molecular complexity index is 1300. The number of urea groups is 1. The monoisotopic (exact) mass is 518 g/mol. The lowest BCUT2D eigenvalue weighted by Crippen LogP contribution is -2.40. The summed E-state index contributed by atoms with van der Waals surface area (Å²) in [6.07, 6.45) is 8.43. The maximum Gasteiger partial charge on any atom is 0.328 e. The molecule has 2 aliphatic heterocycles. The van der Waals surface area contributed by atoms with Crippen LogP contribution in [0.5, 0.6) is 5.75 Å². The Balaban J connectivity index is 1.56. The number of carbonyl (C=O) groups is 2. The van der Waals surface area contributed by atoms with Crippen LogP contribution < -0.4 is 15.0 Å². The van der Waals surface area contributed by atoms with E-state index in [0.717, 1.165) is 36.0 Å². The van der Waals surface area contributed by atoms with Gasteiger partial charge in [0.1, 0.15) is 47.1 Å². The van der Waals surface area contributed by atoms with Crippen LogP contribution in [0.25, 0.3) is 0 Å². The molecule has 0 fully saturated rings. The molecule has 4 heterocycles. The van der Waals surface area contributed by atoms with Crippen LogP contribution in [0.4, 0.5) is 16.4 Å². The van der Waals surface area contributed by atoms with Crippen molar-refractivity contribution in [1.29, 1.82) is 5.26 Å². The van der Waals surface area contributed by atoms with Gasteiger partial charge < -0.3 is 19.1 Å². The number of nitriles is 1. The lowest BCUT2D eigenvalue weighted by atomic mass is 10.0. The number of nitrogens with one attached hydrogen (secondary N) is 1. The molecular weight excluding hydrogens is 488 g/mol. The van der Waals surface area contributed by atoms with Crippen LogP contribution in [-0.4, -0.2) is 60.1 Å². The highest BCUT2D eigenvalue weighted by Crippen LogP contribution is 2.29. The van der Waals surface area contributed by atoms with E-state index in [0.29, 0.717) is 37.8 Å². The van der Waals surface area contributed by atoms with Gasteiger partial charge >= 0.3 is 6.03 Å². The van der Waals surface area contributed by atoms with Gasteiger partial charge in [0, 0.05) is 44.1 Å². The summed E-state index contributed by atoms with van der Waals surface area (Å²) in [5.41, 5.74) is 3.13. The van der Waals surface area contributed by atoms with Crippen molar-refractivity contribution in [3.05, 3.63) is 65.0 Å². The van der Waals surface area contributed by atoms with Crippen LogP contribution in [0.3, 0.4) is 0 Å². The van der Waals surface area contributed by atoms with E-state index < -0.39 is 6.03 Å². The van der Waals surface area contributed by atoms with Gasteiger partial charge in [-0.25, -0.2) is 14.8 Å². The summed E-state index contributed by atoms with van der Waals surface area (Å²) >= 11 is 0. The third-order valence-corrected chi connectivity index (χ3v) is 6.18. The van der Waals surface area contributed by atoms with Crippen molar-refractivity contribution < 1.29 is 23.8 Å². The minimum absolute atomic E-state index is 0.228. The van der Waals surface area contributed by atoms with E-state index in [1.54, 1.807) is 19.6 Å². The first-order valence-corrected chi connectivity index (χ1v) is 12.3. The lowest BCUT2D eigenvalue weighted by Gasteiger charge is -2.30. The second-order valence-corrected chi connectivity index (χ2v) is 9.03. The summed E-state index contributed by atoms with van der Waals surface area (Å²) in [6, 6.07) is 5.07. The van der Waals surface area contributed by atoms with Crippen molar-refractivity contribution in [2.45, 2.75) is 39.3 Å². The highest BCUT2D eigenvalue weighted by Gasteiger charge is 2.27. The van der Waals surface area contributed by atoms with Crippen LogP contribution in [0.15, 0.2) is 42.6 Å². The Hall–Kier alpha value is -4.43. The summed E-state index contributed by atoms with van der Waals surface area (Å²) in [5.74, 6) is 0.974. The Morgan fingerprint density at radius 3 is 3.00 bits per heavy atom. The number of fused-ring (bicyclic) bond motifs is 1. The molecule has 0 bridgehead atoms. The van der Waals surface area contributed by atoms with Crippen molar-refractivity contribution in [3.8, 4) is 11.8 Å². The average Bonchev–Trinajstić information content (AvgIpc) is 3.11. The van der Waals surface area contributed by atoms with E-state index in [9.17, 15) is 14.9 Å². The molecule has 198 valence electrons. The van der Waals surface area contributed by atoms with E-state index in [-0.39, 0.29) is 23.2 Å². The summed E-state index contributed by atoms with van der Waals surface area (Å²) < 4.78 is 16.2. The molecule has 11 nitrogen and oxygen atoms in total. The third kappa shape index (κ3) is 6.10. The molecule has 2 aromatic heterocycles. The normalized spacial score (nSPS) is 15.4. The second-order valence-electron chi connectivity index (χ2n) is 9.03. The summed E-state index contributed by atoms with van der Waals surface area (Å²) in [4.78, 5) is 37.7. The molecule has 4 rings (SSSR count). The average molecular weight is 519 g/mol. The van der Waals surface area contributed by atoms with E-state index in [4.69, 9.17) is 14.2 Å². The minimum Gasteiger partial charge on any atom is -0.487 e. The molecule has 2 aliphatic rings. The first-order valence-electron chi connectivity index (χ1n) is 12.3. The molecule has 0 saturated carbocycles. The Morgan fingerprint density at radius 1 is 1.39 bits per heavy atom. The number of allylic oxidation sites excluding steroid dienone is 1. The highest BCUT2D eigenvalue weighted by molar-refractivity contribution is 6.01. The number of ether oxygens (including phenoxy) is 3. The molecular formula is C27H30N6O5. The van der Waals surface area contributed by atoms with Gasteiger partial charge in [-0.15, -0.1) is 0 Å².